The summed E-state index contributed by atoms with van der Waals surface area (Å²) < 4.78 is 15.3. The lowest BCUT2D eigenvalue weighted by Crippen LogP contribution is -2.36. The van der Waals surface area contributed by atoms with Gasteiger partial charge in [-0.25, -0.2) is 0 Å². The first-order chi connectivity index (χ1) is 9.49. The van der Waals surface area contributed by atoms with Crippen LogP contribution < -0.4 is 0 Å². The average Bonchev–Trinajstić information content (AvgIpc) is 2.69. The molecule has 0 aromatic heterocycles. The summed E-state index contributed by atoms with van der Waals surface area (Å²) in [5.41, 5.74) is 0. The second-order valence-electron chi connectivity index (χ2n) is 5.57. The van der Waals surface area contributed by atoms with Crippen LogP contribution in [0.25, 0.3) is 0 Å². The van der Waals surface area contributed by atoms with Crippen molar-refractivity contribution in [2.45, 2.75) is 45.4 Å². The molecule has 5 nitrogen and oxygen atoms in total. The van der Waals surface area contributed by atoms with Crippen LogP contribution in [0.3, 0.4) is 0 Å². The topological polar surface area (TPSA) is 51.2 Å². The van der Waals surface area contributed by atoms with Gasteiger partial charge in [-0.05, 0) is 26.3 Å². The van der Waals surface area contributed by atoms with E-state index in [-0.39, 0.29) is 6.61 Å². The van der Waals surface area contributed by atoms with E-state index in [1.165, 1.54) is 0 Å². The molecule has 0 aliphatic carbocycles. The van der Waals surface area contributed by atoms with Crippen LogP contribution in [0.5, 0.6) is 0 Å². The van der Waals surface area contributed by atoms with Gasteiger partial charge in [0.25, 0.3) is 0 Å². The second kappa shape index (κ2) is 11.5. The molecule has 0 saturated carbocycles. The Balaban J connectivity index is 0.000000621. The van der Waals surface area contributed by atoms with E-state index in [1.54, 1.807) is 14.2 Å². The number of methoxy groups -OCH3 is 2. The molecular weight excluding hydrogens is 258 g/mol. The number of hydrogen-bond acceptors (Lipinski definition) is 5. The molecule has 0 spiro atoms. The van der Waals surface area contributed by atoms with Gasteiger partial charge >= 0.3 is 0 Å². The molecule has 0 radical (unpaired) electrons. The van der Waals surface area contributed by atoms with Crippen LogP contribution in [0.1, 0.15) is 27.2 Å². The van der Waals surface area contributed by atoms with Crippen molar-refractivity contribution >= 4 is 0 Å². The van der Waals surface area contributed by atoms with Gasteiger partial charge in [-0.3, -0.25) is 4.90 Å². The maximum absolute atomic E-state index is 7.94. The van der Waals surface area contributed by atoms with Gasteiger partial charge < -0.3 is 19.3 Å². The minimum Gasteiger partial charge on any atom is -0.394 e. The smallest absolute Gasteiger partial charge is 0.0743 e. The SMILES string of the molecule is COCCO.COCCO[C@@H]1CC(C(C)C)N(C)C1C. The van der Waals surface area contributed by atoms with Crippen molar-refractivity contribution in [2.24, 2.45) is 5.92 Å². The average molecular weight is 291 g/mol. The van der Waals surface area contributed by atoms with Crippen LogP contribution in [-0.4, -0.2) is 75.9 Å². The van der Waals surface area contributed by atoms with Crippen molar-refractivity contribution in [1.29, 1.82) is 0 Å². The minimum atomic E-state index is 0.122. The zero-order valence-electron chi connectivity index (χ0n) is 14.0. The summed E-state index contributed by atoms with van der Waals surface area (Å²) in [6.07, 6.45) is 1.52. The van der Waals surface area contributed by atoms with Gasteiger partial charge in [0.1, 0.15) is 0 Å². The highest BCUT2D eigenvalue weighted by atomic mass is 16.5. The molecule has 1 fully saturated rings. The molecule has 1 saturated heterocycles. The van der Waals surface area contributed by atoms with Crippen LogP contribution in [-0.2, 0) is 14.2 Å². The molecule has 5 heteroatoms. The van der Waals surface area contributed by atoms with Gasteiger partial charge in [-0.15, -0.1) is 0 Å². The standard InChI is InChI=1S/C12H25NO2.C3H8O2/c1-9(2)11-8-12(10(3)13(11)4)15-7-6-14-5;1-5-3-2-4/h9-12H,6-8H2,1-5H3;4H,2-3H2,1H3/t10?,11?,12-;/m1./s1. The lowest BCUT2D eigenvalue weighted by atomic mass is 10.0. The van der Waals surface area contributed by atoms with Gasteiger partial charge in [0.2, 0.25) is 0 Å². The zero-order valence-corrected chi connectivity index (χ0v) is 14.0. The fourth-order valence-electron chi connectivity index (χ4n) is 2.49. The molecular formula is C15H33NO4. The van der Waals surface area contributed by atoms with Crippen LogP contribution in [0.15, 0.2) is 0 Å². The normalized spacial score (nSPS) is 26.7. The van der Waals surface area contributed by atoms with Gasteiger partial charge in [-0.2, -0.15) is 0 Å². The van der Waals surface area contributed by atoms with Crippen LogP contribution >= 0.6 is 0 Å². The second-order valence-corrected chi connectivity index (χ2v) is 5.57. The highest BCUT2D eigenvalue weighted by molar-refractivity contribution is 4.92. The fraction of sp³-hybridized carbons (Fsp3) is 1.00. The third-order valence-electron chi connectivity index (χ3n) is 3.86. The summed E-state index contributed by atoms with van der Waals surface area (Å²) in [4.78, 5) is 2.45. The van der Waals surface area contributed by atoms with Gasteiger partial charge in [0.15, 0.2) is 0 Å². The molecule has 1 aliphatic rings. The number of rotatable bonds is 7. The van der Waals surface area contributed by atoms with Crippen molar-refractivity contribution in [3.8, 4) is 0 Å². The summed E-state index contributed by atoms with van der Waals surface area (Å²) in [5, 5.41) is 7.94. The number of nitrogens with zero attached hydrogens (tertiary/aromatic N) is 1. The molecule has 1 aliphatic heterocycles. The molecule has 122 valence electrons. The number of ether oxygens (including phenoxy) is 3. The van der Waals surface area contributed by atoms with Crippen LogP contribution in [0.4, 0.5) is 0 Å². The molecule has 0 aromatic carbocycles. The Morgan fingerprint density at radius 2 is 1.75 bits per heavy atom. The first-order valence-electron chi connectivity index (χ1n) is 7.41. The molecule has 0 amide bonds. The van der Waals surface area contributed by atoms with Crippen molar-refractivity contribution in [3.63, 3.8) is 0 Å². The van der Waals surface area contributed by atoms with E-state index in [0.717, 1.165) is 6.42 Å². The maximum atomic E-state index is 7.94. The monoisotopic (exact) mass is 291 g/mol. The largest absolute Gasteiger partial charge is 0.394 e. The Morgan fingerprint density at radius 1 is 1.15 bits per heavy atom. The number of aliphatic hydroxyl groups excluding tert-OH is 1. The van der Waals surface area contributed by atoms with Crippen molar-refractivity contribution in [1.82, 2.24) is 4.90 Å². The lowest BCUT2D eigenvalue weighted by Gasteiger charge is -2.26. The summed E-state index contributed by atoms with van der Waals surface area (Å²) in [6.45, 7) is 8.79. The Kier molecular flexibility index (Phi) is 11.3. The first-order valence-corrected chi connectivity index (χ1v) is 7.41. The Morgan fingerprint density at radius 3 is 2.10 bits per heavy atom. The summed E-state index contributed by atoms with van der Waals surface area (Å²) in [6, 6.07) is 1.18. The number of likely N-dealkylation sites (N-methyl/N-ethyl adjacent to an activating group) is 1. The lowest BCUT2D eigenvalue weighted by molar-refractivity contribution is 0.00575. The van der Waals surface area contributed by atoms with Crippen LogP contribution in [0.2, 0.25) is 0 Å². The minimum absolute atomic E-state index is 0.122. The molecule has 2 unspecified atom stereocenters. The Hall–Kier alpha value is -0.200. The Labute approximate surface area is 124 Å². The Bertz CT molecular complexity index is 224. The third kappa shape index (κ3) is 6.99. The van der Waals surface area contributed by atoms with E-state index in [0.29, 0.717) is 43.9 Å². The van der Waals surface area contributed by atoms with E-state index in [9.17, 15) is 0 Å². The predicted molar refractivity (Wildman–Crippen MR) is 81.0 cm³/mol. The third-order valence-corrected chi connectivity index (χ3v) is 3.86. The number of hydrogen-bond donors (Lipinski definition) is 1. The van der Waals surface area contributed by atoms with Crippen molar-refractivity contribution in [3.05, 3.63) is 0 Å². The van der Waals surface area contributed by atoms with Gasteiger partial charge in [0.05, 0.1) is 32.5 Å². The van der Waals surface area contributed by atoms with Crippen LogP contribution in [0, 0.1) is 5.92 Å². The van der Waals surface area contributed by atoms with E-state index >= 15 is 0 Å². The quantitative estimate of drug-likeness (QED) is 0.718. The van der Waals surface area contributed by atoms with Gasteiger partial charge in [0, 0.05) is 26.3 Å². The van der Waals surface area contributed by atoms with E-state index in [2.05, 4.69) is 37.5 Å². The highest BCUT2D eigenvalue weighted by Crippen LogP contribution is 2.29. The number of likely N-dealkylation sites (tertiary alicyclic amines) is 1. The van der Waals surface area contributed by atoms with Crippen molar-refractivity contribution < 1.29 is 19.3 Å². The summed E-state index contributed by atoms with van der Waals surface area (Å²) in [5.74, 6) is 0.702. The molecule has 1 heterocycles. The molecule has 1 N–H and O–H groups in total. The molecule has 1 rings (SSSR count). The molecule has 0 aromatic rings. The predicted octanol–water partition coefficient (Wildman–Crippen LogP) is 1.39. The highest BCUT2D eigenvalue weighted by Gasteiger charge is 2.37. The number of aliphatic hydroxyl groups is 1. The summed E-state index contributed by atoms with van der Waals surface area (Å²) in [7, 11) is 5.47. The summed E-state index contributed by atoms with van der Waals surface area (Å²) >= 11 is 0. The fourth-order valence-corrected chi connectivity index (χ4v) is 2.49. The van der Waals surface area contributed by atoms with E-state index < -0.39 is 0 Å². The van der Waals surface area contributed by atoms with E-state index in [4.69, 9.17) is 14.6 Å². The molecule has 3 atom stereocenters. The first kappa shape index (κ1) is 19.8. The molecule has 0 bridgehead atoms. The van der Waals surface area contributed by atoms with E-state index in [1.807, 2.05) is 0 Å². The molecule has 20 heavy (non-hydrogen) atoms. The maximum Gasteiger partial charge on any atom is 0.0743 e. The van der Waals surface area contributed by atoms with Crippen molar-refractivity contribution in [2.75, 3.05) is 47.7 Å². The zero-order chi connectivity index (χ0) is 15.5. The van der Waals surface area contributed by atoms with Gasteiger partial charge in [-0.1, -0.05) is 13.8 Å².